The molecule has 0 aromatic rings. The van der Waals surface area contributed by atoms with E-state index in [0.29, 0.717) is 32.8 Å². The van der Waals surface area contributed by atoms with Gasteiger partial charge in [-0.25, -0.2) is 0 Å². The topological polar surface area (TPSA) is 57.2 Å². The van der Waals surface area contributed by atoms with Gasteiger partial charge >= 0.3 is 14.8 Å². The van der Waals surface area contributed by atoms with E-state index in [-0.39, 0.29) is 11.0 Å². The van der Waals surface area contributed by atoms with Crippen LogP contribution in [0.25, 0.3) is 0 Å². The van der Waals surface area contributed by atoms with E-state index in [9.17, 15) is 4.79 Å². The van der Waals surface area contributed by atoms with Crippen molar-refractivity contribution >= 4 is 23.0 Å². The van der Waals surface area contributed by atoms with Crippen molar-refractivity contribution in [3.05, 3.63) is 0 Å². The van der Waals surface area contributed by atoms with E-state index in [1.54, 1.807) is 0 Å². The Hall–Kier alpha value is -0.256. The minimum atomic E-state index is -2.63. The Kier molecular flexibility index (Phi) is 13.0. The van der Waals surface area contributed by atoms with Crippen LogP contribution in [0.5, 0.6) is 0 Å². The third kappa shape index (κ3) is 9.05. The van der Waals surface area contributed by atoms with Crippen molar-refractivity contribution in [3.63, 3.8) is 0 Å². The maximum atomic E-state index is 11.9. The zero-order valence-electron chi connectivity index (χ0n) is 19.9. The van der Waals surface area contributed by atoms with Crippen LogP contribution in [0, 0.1) is 0 Å². The largest absolute Gasteiger partial charge is 0.500 e. The molecule has 0 fully saturated rings. The molecule has 28 heavy (non-hydrogen) atoms. The molecule has 0 atom stereocenters. The summed E-state index contributed by atoms with van der Waals surface area (Å²) in [6.07, 6.45) is 1.37. The predicted molar refractivity (Wildman–Crippen MR) is 120 cm³/mol. The Morgan fingerprint density at radius 3 is 1.75 bits per heavy atom. The minimum Gasteiger partial charge on any atom is -0.466 e. The molecule has 0 aliphatic carbocycles. The van der Waals surface area contributed by atoms with Crippen molar-refractivity contribution in [2.75, 3.05) is 39.5 Å². The van der Waals surface area contributed by atoms with Gasteiger partial charge in [-0.05, 0) is 45.7 Å². The van der Waals surface area contributed by atoms with E-state index in [1.165, 1.54) is 0 Å². The number of carbonyl (C=O) groups is 1. The molecule has 0 spiro atoms. The summed E-state index contributed by atoms with van der Waals surface area (Å²) in [7, 11) is -4.39. The number of hydrogen-bond acceptors (Lipinski definition) is 6. The summed E-state index contributed by atoms with van der Waals surface area (Å²) in [4.78, 5) is 11.9. The number of nitrogens with zero attached hydrogens (tertiary/aromatic N) is 1. The zero-order valence-corrected chi connectivity index (χ0v) is 21.9. The van der Waals surface area contributed by atoms with E-state index < -0.39 is 17.0 Å². The van der Waals surface area contributed by atoms with Gasteiger partial charge in [0.25, 0.3) is 0 Å². The standard InChI is InChI=1S/C20H45NO5Si2/c1-10-23-19(22)15-17-21(27(8,9)20(5,6)7)16-14-18-28(24-11-2,25-12-3)26-13-4/h10-18H2,1-9H3. The average Bonchev–Trinajstić information content (AvgIpc) is 2.57. The maximum absolute atomic E-state index is 11.9. The maximum Gasteiger partial charge on any atom is 0.500 e. The Morgan fingerprint density at radius 2 is 1.36 bits per heavy atom. The molecule has 0 aliphatic heterocycles. The lowest BCUT2D eigenvalue weighted by Crippen LogP contribution is -2.56. The Balaban J connectivity index is 5.18. The molecule has 0 N–H and O–H groups in total. The SMILES string of the molecule is CCOC(=O)CCN(CCC[Si](OCC)(OCC)OCC)[Si](C)(C)C(C)(C)C. The lowest BCUT2D eigenvalue weighted by molar-refractivity contribution is -0.143. The Morgan fingerprint density at radius 1 is 0.857 bits per heavy atom. The van der Waals surface area contributed by atoms with Crippen LogP contribution in [-0.2, 0) is 22.8 Å². The minimum absolute atomic E-state index is 0.118. The van der Waals surface area contributed by atoms with Crippen LogP contribution in [0.3, 0.4) is 0 Å². The molecule has 168 valence electrons. The Labute approximate surface area is 175 Å². The van der Waals surface area contributed by atoms with Gasteiger partial charge < -0.3 is 22.6 Å². The highest BCUT2D eigenvalue weighted by Crippen LogP contribution is 2.38. The fourth-order valence-corrected chi connectivity index (χ4v) is 8.02. The zero-order chi connectivity index (χ0) is 21.8. The second kappa shape index (κ2) is 13.1. The van der Waals surface area contributed by atoms with Gasteiger partial charge in [0.05, 0.1) is 13.0 Å². The summed E-state index contributed by atoms with van der Waals surface area (Å²) in [6.45, 7) is 23.4. The van der Waals surface area contributed by atoms with Gasteiger partial charge in [-0.3, -0.25) is 4.79 Å². The molecule has 0 unspecified atom stereocenters. The summed E-state index contributed by atoms with van der Waals surface area (Å²) >= 11 is 0. The van der Waals surface area contributed by atoms with E-state index in [2.05, 4.69) is 38.4 Å². The first-order valence-electron chi connectivity index (χ1n) is 10.8. The van der Waals surface area contributed by atoms with E-state index in [1.807, 2.05) is 27.7 Å². The number of esters is 1. The van der Waals surface area contributed by atoms with E-state index >= 15 is 0 Å². The molecular weight excluding hydrogens is 390 g/mol. The van der Waals surface area contributed by atoms with Crippen molar-refractivity contribution in [1.82, 2.24) is 4.57 Å². The quantitative estimate of drug-likeness (QED) is 0.275. The lowest BCUT2D eigenvalue weighted by Gasteiger charge is -2.46. The molecular formula is C20H45NO5Si2. The average molecular weight is 436 g/mol. The second-order valence-electron chi connectivity index (χ2n) is 8.44. The van der Waals surface area contributed by atoms with Crippen LogP contribution in [0.1, 0.15) is 61.3 Å². The molecule has 6 nitrogen and oxygen atoms in total. The molecule has 0 bridgehead atoms. The molecule has 0 aliphatic rings. The Bertz CT molecular complexity index is 424. The van der Waals surface area contributed by atoms with Crippen LogP contribution in [0.15, 0.2) is 0 Å². The van der Waals surface area contributed by atoms with Crippen LogP contribution in [0.4, 0.5) is 0 Å². The van der Waals surface area contributed by atoms with Crippen molar-refractivity contribution in [3.8, 4) is 0 Å². The first kappa shape index (κ1) is 27.7. The fourth-order valence-electron chi connectivity index (χ4n) is 3.09. The van der Waals surface area contributed by atoms with Gasteiger partial charge in [0.1, 0.15) is 8.24 Å². The number of ether oxygens (including phenoxy) is 1. The van der Waals surface area contributed by atoms with Crippen LogP contribution < -0.4 is 0 Å². The van der Waals surface area contributed by atoms with E-state index in [0.717, 1.165) is 25.6 Å². The van der Waals surface area contributed by atoms with Crippen LogP contribution in [0.2, 0.25) is 24.2 Å². The number of hydrogen-bond donors (Lipinski definition) is 0. The van der Waals surface area contributed by atoms with Gasteiger partial charge in [-0.2, -0.15) is 0 Å². The molecule has 0 rings (SSSR count). The summed E-state index contributed by atoms with van der Waals surface area (Å²) in [5.41, 5.74) is 0. The molecule has 0 amide bonds. The molecule has 0 saturated heterocycles. The molecule has 0 aromatic heterocycles. The van der Waals surface area contributed by atoms with Gasteiger partial charge in [-0.15, -0.1) is 0 Å². The predicted octanol–water partition coefficient (Wildman–Crippen LogP) is 4.69. The smallest absolute Gasteiger partial charge is 0.466 e. The van der Waals surface area contributed by atoms with Crippen molar-refractivity contribution in [2.45, 2.75) is 85.5 Å². The van der Waals surface area contributed by atoms with Crippen molar-refractivity contribution in [1.29, 1.82) is 0 Å². The highest BCUT2D eigenvalue weighted by atomic mass is 28.4. The molecule has 0 heterocycles. The molecule has 0 radical (unpaired) electrons. The highest BCUT2D eigenvalue weighted by Gasteiger charge is 2.43. The van der Waals surface area contributed by atoms with Crippen molar-refractivity contribution < 1.29 is 22.8 Å². The monoisotopic (exact) mass is 435 g/mol. The summed E-state index contributed by atoms with van der Waals surface area (Å²) in [6, 6.07) is 0.799. The summed E-state index contributed by atoms with van der Waals surface area (Å²) in [5.74, 6) is -0.118. The number of carbonyl (C=O) groups excluding carboxylic acids is 1. The molecule has 0 aromatic carbocycles. The van der Waals surface area contributed by atoms with Gasteiger partial charge in [0.2, 0.25) is 0 Å². The normalized spacial score (nSPS) is 13.2. The van der Waals surface area contributed by atoms with Crippen molar-refractivity contribution in [2.24, 2.45) is 0 Å². The summed E-state index contributed by atoms with van der Waals surface area (Å²) < 4.78 is 25.6. The first-order chi connectivity index (χ1) is 13.0. The van der Waals surface area contributed by atoms with Crippen LogP contribution in [-0.4, -0.2) is 67.1 Å². The molecule has 0 saturated carbocycles. The second-order valence-corrected chi connectivity index (χ2v) is 16.4. The lowest BCUT2D eigenvalue weighted by atomic mass is 10.2. The third-order valence-electron chi connectivity index (χ3n) is 5.52. The van der Waals surface area contributed by atoms with Gasteiger partial charge in [0, 0.05) is 32.4 Å². The van der Waals surface area contributed by atoms with Crippen LogP contribution >= 0.6 is 0 Å². The third-order valence-corrected chi connectivity index (χ3v) is 14.4. The summed E-state index contributed by atoms with van der Waals surface area (Å²) in [5, 5.41) is 0.204. The first-order valence-corrected chi connectivity index (χ1v) is 15.7. The number of rotatable bonds is 15. The fraction of sp³-hybridized carbons (Fsp3) is 0.950. The van der Waals surface area contributed by atoms with Gasteiger partial charge in [0.15, 0.2) is 0 Å². The van der Waals surface area contributed by atoms with Gasteiger partial charge in [-0.1, -0.05) is 33.9 Å². The highest BCUT2D eigenvalue weighted by molar-refractivity contribution is 6.77. The molecule has 8 heteroatoms. The van der Waals surface area contributed by atoms with E-state index in [4.69, 9.17) is 18.0 Å².